The number of carbonyl (C=O) groups is 1. The molecule has 0 aliphatic rings. The van der Waals surface area contributed by atoms with Gasteiger partial charge in [-0.15, -0.1) is 0 Å². The summed E-state index contributed by atoms with van der Waals surface area (Å²) in [5.74, 6) is -0.871. The van der Waals surface area contributed by atoms with E-state index in [1.54, 1.807) is 11.8 Å². The van der Waals surface area contributed by atoms with E-state index in [-0.39, 0.29) is 11.8 Å². The van der Waals surface area contributed by atoms with Crippen LogP contribution in [0.1, 0.15) is 25.6 Å². The molecule has 116 valence electrons. The fraction of sp³-hybridized carbons (Fsp3) is 0.615. The van der Waals surface area contributed by atoms with Crippen LogP contribution in [0.3, 0.4) is 0 Å². The maximum atomic E-state index is 10.8. The van der Waals surface area contributed by atoms with Gasteiger partial charge in [0.2, 0.25) is 0 Å². The first-order valence-corrected chi connectivity index (χ1v) is 7.75. The van der Waals surface area contributed by atoms with E-state index in [2.05, 4.69) is 10.1 Å². The molecule has 2 rings (SSSR count). The molecule has 0 saturated carbocycles. The zero-order chi connectivity index (χ0) is 15.6. The van der Waals surface area contributed by atoms with Crippen molar-refractivity contribution in [2.75, 3.05) is 19.5 Å². The zero-order valence-electron chi connectivity index (χ0n) is 12.7. The van der Waals surface area contributed by atoms with Crippen molar-refractivity contribution in [1.82, 2.24) is 19.3 Å². The predicted molar refractivity (Wildman–Crippen MR) is 80.8 cm³/mol. The van der Waals surface area contributed by atoms with Gasteiger partial charge in [-0.25, -0.2) is 4.98 Å². The van der Waals surface area contributed by atoms with Crippen molar-refractivity contribution in [2.24, 2.45) is 7.05 Å². The highest BCUT2D eigenvalue weighted by Gasteiger charge is 2.22. The molecule has 2 aromatic rings. The van der Waals surface area contributed by atoms with Gasteiger partial charge in [0, 0.05) is 14.2 Å². The molecule has 0 saturated heterocycles. The molecule has 0 aliphatic heterocycles. The van der Waals surface area contributed by atoms with Gasteiger partial charge in [0.15, 0.2) is 10.8 Å². The van der Waals surface area contributed by atoms with Crippen LogP contribution in [0.25, 0.3) is 11.2 Å². The van der Waals surface area contributed by atoms with Crippen molar-refractivity contribution in [3.05, 3.63) is 5.69 Å². The molecule has 21 heavy (non-hydrogen) atoms. The van der Waals surface area contributed by atoms with E-state index in [0.29, 0.717) is 11.8 Å². The topological polar surface area (TPSA) is 82.2 Å². The second kappa shape index (κ2) is 6.48. The molecule has 2 heterocycles. The monoisotopic (exact) mass is 312 g/mol. The SMILES string of the molecule is CCc1nn(C)c2c1nc(SCC(=O)O)n2C(C)COC. The van der Waals surface area contributed by atoms with E-state index >= 15 is 0 Å². The zero-order valence-corrected chi connectivity index (χ0v) is 13.5. The van der Waals surface area contributed by atoms with Crippen LogP contribution < -0.4 is 0 Å². The summed E-state index contributed by atoms with van der Waals surface area (Å²) in [6.07, 6.45) is 0.788. The van der Waals surface area contributed by atoms with Crippen molar-refractivity contribution in [1.29, 1.82) is 0 Å². The molecule has 0 aromatic carbocycles. The van der Waals surface area contributed by atoms with Gasteiger partial charge in [-0.1, -0.05) is 18.7 Å². The smallest absolute Gasteiger partial charge is 0.313 e. The van der Waals surface area contributed by atoms with Crippen LogP contribution >= 0.6 is 11.8 Å². The minimum absolute atomic E-state index is 0.0160. The van der Waals surface area contributed by atoms with Gasteiger partial charge in [0.25, 0.3) is 0 Å². The Morgan fingerprint density at radius 3 is 2.81 bits per heavy atom. The Labute approximate surface area is 127 Å². The molecule has 0 spiro atoms. The van der Waals surface area contributed by atoms with Gasteiger partial charge in [-0.3, -0.25) is 14.0 Å². The number of ether oxygens (including phenoxy) is 1. The van der Waals surface area contributed by atoms with Crippen molar-refractivity contribution < 1.29 is 14.6 Å². The molecular weight excluding hydrogens is 292 g/mol. The fourth-order valence-electron chi connectivity index (χ4n) is 2.36. The van der Waals surface area contributed by atoms with Crippen LogP contribution in [0.15, 0.2) is 5.16 Å². The standard InChI is InChI=1S/C13H20N4O3S/c1-5-9-11-12(16(3)15-9)17(8(2)6-20-4)13(14-11)21-7-10(18)19/h8H,5-7H2,1-4H3,(H,18,19). The third-order valence-electron chi connectivity index (χ3n) is 3.21. The Morgan fingerprint density at radius 1 is 1.52 bits per heavy atom. The number of hydrogen-bond acceptors (Lipinski definition) is 5. The Bertz CT molecular complexity index is 649. The minimum Gasteiger partial charge on any atom is -0.481 e. The summed E-state index contributed by atoms with van der Waals surface area (Å²) < 4.78 is 9.04. The summed E-state index contributed by atoms with van der Waals surface area (Å²) in [6.45, 7) is 4.58. The van der Waals surface area contributed by atoms with E-state index in [1.807, 2.05) is 25.5 Å². The van der Waals surface area contributed by atoms with E-state index in [1.165, 1.54) is 11.8 Å². The Morgan fingerprint density at radius 2 is 2.24 bits per heavy atom. The lowest BCUT2D eigenvalue weighted by atomic mass is 10.3. The minimum atomic E-state index is -0.855. The number of hydrogen-bond donors (Lipinski definition) is 1. The average molecular weight is 312 g/mol. The van der Waals surface area contributed by atoms with Gasteiger partial charge in [-0.2, -0.15) is 5.10 Å². The van der Waals surface area contributed by atoms with E-state index < -0.39 is 5.97 Å². The summed E-state index contributed by atoms with van der Waals surface area (Å²) in [5, 5.41) is 14.1. The van der Waals surface area contributed by atoms with Crippen molar-refractivity contribution >= 4 is 28.9 Å². The number of fused-ring (bicyclic) bond motifs is 1. The largest absolute Gasteiger partial charge is 0.481 e. The quantitative estimate of drug-likeness (QED) is 0.784. The Balaban J connectivity index is 2.54. The third-order valence-corrected chi connectivity index (χ3v) is 4.15. The molecule has 0 fully saturated rings. The summed E-state index contributed by atoms with van der Waals surface area (Å²) in [5.41, 5.74) is 2.67. The van der Waals surface area contributed by atoms with E-state index in [9.17, 15) is 4.79 Å². The first kappa shape index (κ1) is 15.8. The number of imidazole rings is 1. The summed E-state index contributed by atoms with van der Waals surface area (Å²) >= 11 is 1.22. The highest BCUT2D eigenvalue weighted by molar-refractivity contribution is 7.99. The number of carboxylic acids is 1. The van der Waals surface area contributed by atoms with Crippen LogP contribution in [0.4, 0.5) is 0 Å². The lowest BCUT2D eigenvalue weighted by Crippen LogP contribution is -2.14. The summed E-state index contributed by atoms with van der Waals surface area (Å²) in [6, 6.07) is 0.0522. The number of aromatic nitrogens is 4. The van der Waals surface area contributed by atoms with Crippen LogP contribution in [-0.2, 0) is 23.0 Å². The molecule has 0 bridgehead atoms. The number of methoxy groups -OCH3 is 1. The molecule has 2 aromatic heterocycles. The van der Waals surface area contributed by atoms with Gasteiger partial charge in [0.05, 0.1) is 24.1 Å². The van der Waals surface area contributed by atoms with Crippen molar-refractivity contribution in [2.45, 2.75) is 31.5 Å². The first-order chi connectivity index (χ1) is 9.99. The molecule has 8 heteroatoms. The average Bonchev–Trinajstić information content (AvgIpc) is 2.94. The van der Waals surface area contributed by atoms with E-state index in [4.69, 9.17) is 9.84 Å². The number of aryl methyl sites for hydroxylation is 2. The second-order valence-corrected chi connectivity index (χ2v) is 5.79. The number of carboxylic acid groups (broad SMARTS) is 1. The number of rotatable bonds is 7. The summed E-state index contributed by atoms with van der Waals surface area (Å²) in [7, 11) is 3.53. The van der Waals surface area contributed by atoms with Crippen LogP contribution in [0.5, 0.6) is 0 Å². The molecule has 0 amide bonds. The highest BCUT2D eigenvalue weighted by atomic mass is 32.2. The third kappa shape index (κ3) is 3.06. The molecule has 1 unspecified atom stereocenters. The maximum absolute atomic E-state index is 10.8. The molecule has 1 atom stereocenters. The lowest BCUT2D eigenvalue weighted by Gasteiger charge is -2.16. The molecular formula is C13H20N4O3S. The second-order valence-electron chi connectivity index (χ2n) is 4.85. The number of nitrogens with zero attached hydrogens (tertiary/aromatic N) is 4. The number of aliphatic carboxylic acids is 1. The van der Waals surface area contributed by atoms with Gasteiger partial charge in [0.1, 0.15) is 5.52 Å². The van der Waals surface area contributed by atoms with Crippen molar-refractivity contribution in [3.63, 3.8) is 0 Å². The predicted octanol–water partition coefficient (Wildman–Crippen LogP) is 1.72. The Kier molecular flexibility index (Phi) is 4.89. The van der Waals surface area contributed by atoms with Gasteiger partial charge < -0.3 is 9.84 Å². The summed E-state index contributed by atoms with van der Waals surface area (Å²) in [4.78, 5) is 15.4. The van der Waals surface area contributed by atoms with Crippen LogP contribution in [-0.4, -0.2) is 49.9 Å². The molecule has 1 N–H and O–H groups in total. The molecule has 0 radical (unpaired) electrons. The fourth-order valence-corrected chi connectivity index (χ4v) is 3.18. The van der Waals surface area contributed by atoms with Gasteiger partial charge in [-0.05, 0) is 13.3 Å². The number of thioether (sulfide) groups is 1. The normalized spacial score (nSPS) is 13.0. The highest BCUT2D eigenvalue weighted by Crippen LogP contribution is 2.29. The van der Waals surface area contributed by atoms with Crippen molar-refractivity contribution in [3.8, 4) is 0 Å². The van der Waals surface area contributed by atoms with Crippen LogP contribution in [0.2, 0.25) is 0 Å². The Hall–Kier alpha value is -1.54. The maximum Gasteiger partial charge on any atom is 0.313 e. The molecule has 0 aliphatic carbocycles. The lowest BCUT2D eigenvalue weighted by molar-refractivity contribution is -0.133. The molecule has 7 nitrogen and oxygen atoms in total. The first-order valence-electron chi connectivity index (χ1n) is 6.76. The van der Waals surface area contributed by atoms with Crippen LogP contribution in [0, 0.1) is 0 Å². The van der Waals surface area contributed by atoms with E-state index in [0.717, 1.165) is 23.3 Å². The van der Waals surface area contributed by atoms with Gasteiger partial charge >= 0.3 is 5.97 Å².